The lowest BCUT2D eigenvalue weighted by Gasteiger charge is -2.28. The molecule has 2 heteroatoms. The van der Waals surface area contributed by atoms with E-state index < -0.39 is 0 Å². The topological polar surface area (TPSA) is 15.3 Å². The minimum absolute atomic E-state index is 0.584. The molecule has 0 rings (SSSR count). The lowest BCUT2D eigenvalue weighted by molar-refractivity contribution is 0.212. The van der Waals surface area contributed by atoms with Crippen molar-refractivity contribution in [3.63, 3.8) is 0 Å². The minimum Gasteiger partial charge on any atom is -0.318 e. The highest BCUT2D eigenvalue weighted by molar-refractivity contribution is 4.90. The van der Waals surface area contributed by atoms with Crippen LogP contribution >= 0.6 is 0 Å². The Kier molecular flexibility index (Phi) is 7.77. The Morgan fingerprint density at radius 3 is 2.54 bits per heavy atom. The van der Waals surface area contributed by atoms with Crippen molar-refractivity contribution in [1.29, 1.82) is 0 Å². The van der Waals surface area contributed by atoms with Crippen LogP contribution < -0.4 is 5.32 Å². The molecule has 0 aromatic rings. The molecule has 0 aliphatic carbocycles. The molecule has 0 aromatic heterocycles. The summed E-state index contributed by atoms with van der Waals surface area (Å²) in [7, 11) is 1.99. The summed E-state index contributed by atoms with van der Waals surface area (Å²) in [6.07, 6.45) is 7.66. The number of hydrogen-bond donors (Lipinski definition) is 1. The molecule has 1 atom stereocenters. The molecule has 0 heterocycles. The molecule has 0 amide bonds. The van der Waals surface area contributed by atoms with E-state index in [1.807, 2.05) is 7.05 Å². The lowest BCUT2D eigenvalue weighted by atomic mass is 10.2. The second-order valence-corrected chi connectivity index (χ2v) is 3.29. The average molecular weight is 182 g/mol. The van der Waals surface area contributed by atoms with Crippen molar-refractivity contribution in [1.82, 2.24) is 10.2 Å². The quantitative estimate of drug-likeness (QED) is 0.598. The molecule has 76 valence electrons. The summed E-state index contributed by atoms with van der Waals surface area (Å²) in [4.78, 5) is 2.37. The predicted molar refractivity (Wildman–Crippen MR) is 58.7 cm³/mol. The van der Waals surface area contributed by atoms with Gasteiger partial charge >= 0.3 is 0 Å². The van der Waals surface area contributed by atoms with Gasteiger partial charge in [-0.2, -0.15) is 0 Å². The fraction of sp³-hybridized carbons (Fsp3) is 0.818. The Labute approximate surface area is 82.7 Å². The maximum Gasteiger partial charge on any atom is 0.0601 e. The number of hydrogen-bond acceptors (Lipinski definition) is 2. The Balaban J connectivity index is 4.04. The van der Waals surface area contributed by atoms with E-state index in [0.717, 1.165) is 26.1 Å². The van der Waals surface area contributed by atoms with E-state index in [4.69, 9.17) is 6.42 Å². The van der Waals surface area contributed by atoms with E-state index in [9.17, 15) is 0 Å². The van der Waals surface area contributed by atoms with Gasteiger partial charge in [-0.25, -0.2) is 0 Å². The first-order chi connectivity index (χ1) is 6.29. The van der Waals surface area contributed by atoms with Crippen LogP contribution in [-0.4, -0.2) is 37.6 Å². The Hall–Kier alpha value is -0.520. The molecular weight excluding hydrogens is 160 g/mol. The fourth-order valence-corrected chi connectivity index (χ4v) is 1.56. The van der Waals surface area contributed by atoms with Crippen molar-refractivity contribution in [2.24, 2.45) is 0 Å². The van der Waals surface area contributed by atoms with Crippen LogP contribution in [0, 0.1) is 12.3 Å². The van der Waals surface area contributed by atoms with Crippen LogP contribution in [0.25, 0.3) is 0 Å². The van der Waals surface area contributed by atoms with Gasteiger partial charge in [0.05, 0.1) is 6.54 Å². The van der Waals surface area contributed by atoms with Crippen LogP contribution in [0.5, 0.6) is 0 Å². The largest absolute Gasteiger partial charge is 0.318 e. The monoisotopic (exact) mass is 182 g/mol. The lowest BCUT2D eigenvalue weighted by Crippen LogP contribution is -2.41. The van der Waals surface area contributed by atoms with Crippen molar-refractivity contribution in [2.75, 3.05) is 26.7 Å². The molecule has 0 aromatic carbocycles. The van der Waals surface area contributed by atoms with E-state index in [0.29, 0.717) is 6.04 Å². The first-order valence-corrected chi connectivity index (χ1v) is 5.12. The average Bonchev–Trinajstić information content (AvgIpc) is 2.14. The number of terminal acetylenes is 1. The smallest absolute Gasteiger partial charge is 0.0601 e. The zero-order chi connectivity index (χ0) is 10.1. The van der Waals surface area contributed by atoms with Crippen molar-refractivity contribution < 1.29 is 0 Å². The number of rotatable bonds is 7. The molecule has 0 bridgehead atoms. The fourth-order valence-electron chi connectivity index (χ4n) is 1.56. The van der Waals surface area contributed by atoms with Crippen molar-refractivity contribution in [3.05, 3.63) is 0 Å². The van der Waals surface area contributed by atoms with Crippen LogP contribution in [0.3, 0.4) is 0 Å². The van der Waals surface area contributed by atoms with Gasteiger partial charge in [-0.3, -0.25) is 4.90 Å². The van der Waals surface area contributed by atoms with Crippen molar-refractivity contribution >= 4 is 0 Å². The van der Waals surface area contributed by atoms with Gasteiger partial charge in [-0.05, 0) is 26.4 Å². The first kappa shape index (κ1) is 12.5. The van der Waals surface area contributed by atoms with Gasteiger partial charge in [-0.15, -0.1) is 6.42 Å². The van der Waals surface area contributed by atoms with Crippen LogP contribution in [-0.2, 0) is 0 Å². The number of nitrogens with zero attached hydrogens (tertiary/aromatic N) is 1. The van der Waals surface area contributed by atoms with E-state index in [-0.39, 0.29) is 0 Å². The Morgan fingerprint density at radius 1 is 1.46 bits per heavy atom. The molecule has 2 nitrogen and oxygen atoms in total. The zero-order valence-corrected chi connectivity index (χ0v) is 9.14. The number of nitrogens with one attached hydrogen (secondary N) is 1. The van der Waals surface area contributed by atoms with Gasteiger partial charge in [0, 0.05) is 12.6 Å². The SMILES string of the molecule is C#CCN(CCC)C(CC)CNC. The molecule has 1 N–H and O–H groups in total. The summed E-state index contributed by atoms with van der Waals surface area (Å²) in [5.74, 6) is 2.72. The maximum absolute atomic E-state index is 5.34. The van der Waals surface area contributed by atoms with Gasteiger partial charge < -0.3 is 5.32 Å². The second-order valence-electron chi connectivity index (χ2n) is 3.29. The standard InChI is InChI=1S/C11H22N2/c1-5-8-13(9-6-2)11(7-3)10-12-4/h1,11-12H,6-10H2,2-4H3. The molecule has 0 aliphatic heterocycles. The van der Waals surface area contributed by atoms with E-state index in [2.05, 4.69) is 30.0 Å². The highest BCUT2D eigenvalue weighted by atomic mass is 15.2. The van der Waals surface area contributed by atoms with E-state index in [1.54, 1.807) is 0 Å². The van der Waals surface area contributed by atoms with E-state index >= 15 is 0 Å². The summed E-state index contributed by atoms with van der Waals surface area (Å²) in [5, 5.41) is 3.21. The molecule has 0 saturated heterocycles. The van der Waals surface area contributed by atoms with Crippen LogP contribution in [0.1, 0.15) is 26.7 Å². The molecular formula is C11H22N2. The minimum atomic E-state index is 0.584. The maximum atomic E-state index is 5.34. The summed E-state index contributed by atoms with van der Waals surface area (Å²) in [6.45, 7) is 7.30. The summed E-state index contributed by atoms with van der Waals surface area (Å²) in [5.41, 5.74) is 0. The van der Waals surface area contributed by atoms with Crippen molar-refractivity contribution in [2.45, 2.75) is 32.7 Å². The summed E-state index contributed by atoms with van der Waals surface area (Å²) < 4.78 is 0. The Bertz CT molecular complexity index is 149. The predicted octanol–water partition coefficient (Wildman–Crippen LogP) is 1.33. The molecule has 13 heavy (non-hydrogen) atoms. The van der Waals surface area contributed by atoms with Crippen LogP contribution in [0.15, 0.2) is 0 Å². The molecule has 0 aliphatic rings. The van der Waals surface area contributed by atoms with Gasteiger partial charge in [0.15, 0.2) is 0 Å². The normalized spacial score (nSPS) is 12.8. The molecule has 0 fully saturated rings. The molecule has 0 spiro atoms. The van der Waals surface area contributed by atoms with Crippen molar-refractivity contribution in [3.8, 4) is 12.3 Å². The van der Waals surface area contributed by atoms with Gasteiger partial charge in [0.2, 0.25) is 0 Å². The second kappa shape index (κ2) is 8.10. The van der Waals surface area contributed by atoms with Crippen LogP contribution in [0.2, 0.25) is 0 Å². The highest BCUT2D eigenvalue weighted by Crippen LogP contribution is 2.03. The summed E-state index contributed by atoms with van der Waals surface area (Å²) in [6, 6.07) is 0.584. The van der Waals surface area contributed by atoms with Gasteiger partial charge in [0.25, 0.3) is 0 Å². The third-order valence-electron chi connectivity index (χ3n) is 2.23. The molecule has 1 unspecified atom stereocenters. The van der Waals surface area contributed by atoms with Gasteiger partial charge in [0.1, 0.15) is 0 Å². The number of likely N-dealkylation sites (N-methyl/N-ethyl adjacent to an activating group) is 1. The Morgan fingerprint density at radius 2 is 2.15 bits per heavy atom. The summed E-state index contributed by atoms with van der Waals surface area (Å²) >= 11 is 0. The third kappa shape index (κ3) is 4.92. The molecule has 0 saturated carbocycles. The zero-order valence-electron chi connectivity index (χ0n) is 9.14. The van der Waals surface area contributed by atoms with Gasteiger partial charge in [-0.1, -0.05) is 19.8 Å². The van der Waals surface area contributed by atoms with Crippen LogP contribution in [0.4, 0.5) is 0 Å². The highest BCUT2D eigenvalue weighted by Gasteiger charge is 2.13. The van der Waals surface area contributed by atoms with E-state index in [1.165, 1.54) is 6.42 Å². The third-order valence-corrected chi connectivity index (χ3v) is 2.23. The molecule has 0 radical (unpaired) electrons. The first-order valence-electron chi connectivity index (χ1n) is 5.12.